The fourth-order valence-electron chi connectivity index (χ4n) is 9.26. The van der Waals surface area contributed by atoms with Crippen molar-refractivity contribution < 1.29 is 0 Å². The zero-order valence-electron chi connectivity index (χ0n) is 21.0. The lowest BCUT2D eigenvalue weighted by molar-refractivity contribution is -0.111. The Hall–Kier alpha value is -0.850. The zero-order valence-corrected chi connectivity index (χ0v) is 21.0. The molecule has 8 unspecified atom stereocenters. The summed E-state index contributed by atoms with van der Waals surface area (Å²) >= 11 is 0. The van der Waals surface area contributed by atoms with E-state index in [0.717, 1.165) is 29.6 Å². The molecule has 0 aliphatic heterocycles. The summed E-state index contributed by atoms with van der Waals surface area (Å²) in [5, 5.41) is 0. The first kappa shape index (κ1) is 23.3. The van der Waals surface area contributed by atoms with E-state index in [0.29, 0.717) is 16.7 Å². The van der Waals surface area contributed by atoms with Gasteiger partial charge in [-0.3, -0.25) is 4.99 Å². The molecule has 0 N–H and O–H groups in total. The van der Waals surface area contributed by atoms with Crippen LogP contribution in [0.4, 0.5) is 0 Å². The monoisotopic (exact) mass is 423 g/mol. The maximum Gasteiger partial charge on any atom is 0.0298 e. The van der Waals surface area contributed by atoms with Gasteiger partial charge in [0.2, 0.25) is 0 Å². The van der Waals surface area contributed by atoms with Crippen molar-refractivity contribution in [3.8, 4) is 0 Å². The molecule has 174 valence electrons. The van der Waals surface area contributed by atoms with Crippen molar-refractivity contribution in [3.05, 3.63) is 24.4 Å². The predicted molar refractivity (Wildman–Crippen MR) is 135 cm³/mol. The molecular weight excluding hydrogens is 374 g/mol. The van der Waals surface area contributed by atoms with E-state index in [1.54, 1.807) is 12.8 Å². The van der Waals surface area contributed by atoms with Crippen LogP contribution in [0.2, 0.25) is 0 Å². The van der Waals surface area contributed by atoms with Crippen LogP contribution >= 0.6 is 0 Å². The van der Waals surface area contributed by atoms with Crippen LogP contribution in [0, 0.1) is 46.3 Å². The average molecular weight is 424 g/mol. The van der Waals surface area contributed by atoms with E-state index in [4.69, 9.17) is 0 Å². The fourth-order valence-corrected chi connectivity index (χ4v) is 9.26. The molecule has 0 radical (unpaired) electrons. The van der Waals surface area contributed by atoms with E-state index in [1.165, 1.54) is 76.2 Å². The minimum atomic E-state index is 0.573. The van der Waals surface area contributed by atoms with Gasteiger partial charge in [-0.2, -0.15) is 0 Å². The molecule has 0 saturated heterocycles. The van der Waals surface area contributed by atoms with Gasteiger partial charge in [0.15, 0.2) is 0 Å². The second-order valence-electron chi connectivity index (χ2n) is 12.3. The highest BCUT2D eigenvalue weighted by atomic mass is 14.7. The summed E-state index contributed by atoms with van der Waals surface area (Å²) in [7, 11) is 0. The maximum absolute atomic E-state index is 4.33. The molecule has 0 amide bonds. The van der Waals surface area contributed by atoms with Gasteiger partial charge in [-0.05, 0) is 123 Å². The topological polar surface area (TPSA) is 12.4 Å². The van der Waals surface area contributed by atoms with Crippen LogP contribution in [0.25, 0.3) is 0 Å². The van der Waals surface area contributed by atoms with Crippen molar-refractivity contribution in [3.63, 3.8) is 0 Å². The summed E-state index contributed by atoms with van der Waals surface area (Å²) in [4.78, 5) is 4.33. The summed E-state index contributed by atoms with van der Waals surface area (Å²) in [6.45, 7) is 13.8. The molecule has 1 nitrogen and oxygen atoms in total. The van der Waals surface area contributed by atoms with Gasteiger partial charge >= 0.3 is 0 Å². The molecule has 4 saturated carbocycles. The molecule has 4 fully saturated rings. The molecule has 31 heavy (non-hydrogen) atoms. The summed E-state index contributed by atoms with van der Waals surface area (Å²) in [5.74, 6) is 5.70. The fraction of sp³-hybridized carbons (Fsp3) is 0.833. The Bertz CT molecular complexity index is 689. The summed E-state index contributed by atoms with van der Waals surface area (Å²) in [6, 6.07) is 0. The number of hydrogen-bond donors (Lipinski definition) is 0. The van der Waals surface area contributed by atoms with Gasteiger partial charge in [0.25, 0.3) is 0 Å². The SMILES string of the molecule is C=C/C(=C\N=CC)C(C)CCCC1CCC2C3CCC4CCCCC4(C)C3CCC12C. The van der Waals surface area contributed by atoms with Crippen LogP contribution in [0.1, 0.15) is 111 Å². The Balaban J connectivity index is 1.37. The molecule has 0 heterocycles. The van der Waals surface area contributed by atoms with Gasteiger partial charge in [0.1, 0.15) is 0 Å². The number of fused-ring (bicyclic) bond motifs is 5. The Morgan fingerprint density at radius 1 is 1.00 bits per heavy atom. The van der Waals surface area contributed by atoms with E-state index < -0.39 is 0 Å². The van der Waals surface area contributed by atoms with Crippen LogP contribution in [0.3, 0.4) is 0 Å². The van der Waals surface area contributed by atoms with Gasteiger partial charge in [-0.25, -0.2) is 0 Å². The number of rotatable bonds is 7. The van der Waals surface area contributed by atoms with E-state index in [9.17, 15) is 0 Å². The molecule has 8 atom stereocenters. The Morgan fingerprint density at radius 3 is 2.58 bits per heavy atom. The van der Waals surface area contributed by atoms with E-state index in [-0.39, 0.29) is 0 Å². The molecule has 4 aliphatic rings. The summed E-state index contributed by atoms with van der Waals surface area (Å²) in [5.41, 5.74) is 2.61. The molecule has 0 aromatic carbocycles. The third kappa shape index (κ3) is 4.24. The number of hydrogen-bond acceptors (Lipinski definition) is 1. The van der Waals surface area contributed by atoms with Crippen LogP contribution in [0.15, 0.2) is 29.4 Å². The predicted octanol–water partition coefficient (Wildman–Crippen LogP) is 9.00. The van der Waals surface area contributed by atoms with Gasteiger partial charge in [-0.1, -0.05) is 52.7 Å². The Kier molecular flexibility index (Phi) is 7.19. The van der Waals surface area contributed by atoms with Crippen LogP contribution in [-0.2, 0) is 0 Å². The Morgan fingerprint density at radius 2 is 1.81 bits per heavy atom. The first-order valence-corrected chi connectivity index (χ1v) is 13.7. The molecule has 1 heteroatoms. The quantitative estimate of drug-likeness (QED) is 0.286. The van der Waals surface area contributed by atoms with Crippen LogP contribution < -0.4 is 0 Å². The highest BCUT2D eigenvalue weighted by molar-refractivity contribution is 5.54. The molecule has 0 bridgehead atoms. The third-order valence-electron chi connectivity index (χ3n) is 11.1. The minimum Gasteiger partial charge on any atom is -0.269 e. The standard InChI is InChI=1S/C30H49N/c1-6-23(21-31-7-2)22(3)11-10-13-25-15-17-27-26-16-14-24-12-8-9-19-29(24,4)28(26)18-20-30(25,27)5/h6-7,21-22,24-28H,1,8-20H2,2-5H3/b23-21+,31-7?. The van der Waals surface area contributed by atoms with Crippen molar-refractivity contribution in [2.45, 2.75) is 111 Å². The van der Waals surface area contributed by atoms with Crippen molar-refractivity contribution >= 4 is 6.21 Å². The van der Waals surface area contributed by atoms with Gasteiger partial charge in [0, 0.05) is 12.4 Å². The molecule has 0 spiro atoms. The lowest BCUT2D eigenvalue weighted by Gasteiger charge is -2.60. The van der Waals surface area contributed by atoms with E-state index in [1.807, 2.05) is 25.4 Å². The lowest BCUT2D eigenvalue weighted by Crippen LogP contribution is -2.52. The lowest BCUT2D eigenvalue weighted by atomic mass is 9.45. The zero-order chi connectivity index (χ0) is 22.1. The van der Waals surface area contributed by atoms with Gasteiger partial charge in [0.05, 0.1) is 0 Å². The smallest absolute Gasteiger partial charge is 0.0298 e. The number of allylic oxidation sites excluding steroid dienone is 2. The Labute approximate surface area is 193 Å². The van der Waals surface area contributed by atoms with E-state index >= 15 is 0 Å². The van der Waals surface area contributed by atoms with Crippen LogP contribution in [-0.4, -0.2) is 6.21 Å². The van der Waals surface area contributed by atoms with Crippen molar-refractivity contribution in [2.75, 3.05) is 0 Å². The maximum atomic E-state index is 4.33. The normalized spacial score (nSPS) is 43.9. The highest BCUT2D eigenvalue weighted by Gasteiger charge is 2.59. The van der Waals surface area contributed by atoms with Crippen molar-refractivity contribution in [1.29, 1.82) is 0 Å². The molecular formula is C30H49N. The number of nitrogens with zero attached hydrogens (tertiary/aromatic N) is 1. The number of aliphatic imine (C=N–C) groups is 1. The second-order valence-corrected chi connectivity index (χ2v) is 12.3. The minimum absolute atomic E-state index is 0.573. The molecule has 4 aliphatic carbocycles. The molecule has 4 rings (SSSR count). The van der Waals surface area contributed by atoms with Crippen LogP contribution in [0.5, 0.6) is 0 Å². The van der Waals surface area contributed by atoms with Crippen molar-refractivity contribution in [2.24, 2.45) is 51.3 Å². The second kappa shape index (κ2) is 9.56. The largest absolute Gasteiger partial charge is 0.269 e. The van der Waals surface area contributed by atoms with Crippen molar-refractivity contribution in [1.82, 2.24) is 0 Å². The first-order chi connectivity index (χ1) is 14.9. The first-order valence-electron chi connectivity index (χ1n) is 13.7. The van der Waals surface area contributed by atoms with Gasteiger partial charge < -0.3 is 0 Å². The molecule has 0 aromatic heterocycles. The summed E-state index contributed by atoms with van der Waals surface area (Å²) < 4.78 is 0. The highest BCUT2D eigenvalue weighted by Crippen LogP contribution is 2.67. The van der Waals surface area contributed by atoms with Gasteiger partial charge in [-0.15, -0.1) is 0 Å². The van der Waals surface area contributed by atoms with E-state index in [2.05, 4.69) is 32.3 Å². The third-order valence-corrected chi connectivity index (χ3v) is 11.1. The summed E-state index contributed by atoms with van der Waals surface area (Å²) in [6.07, 6.45) is 25.2. The molecule has 0 aromatic rings. The average Bonchev–Trinajstić information content (AvgIpc) is 3.10.